The Bertz CT molecular complexity index is 575. The Hall–Kier alpha value is -1.20. The van der Waals surface area contributed by atoms with Gasteiger partial charge >= 0.3 is 0 Å². The number of aromatic nitrogens is 2. The van der Waals surface area contributed by atoms with Gasteiger partial charge < -0.3 is 10.1 Å². The smallest absolute Gasteiger partial charge is 0.138 e. The first kappa shape index (κ1) is 12.8. The molecular weight excluding hydrogens is 258 g/mol. The maximum absolute atomic E-state index is 5.42. The molecule has 0 aromatic carbocycles. The van der Waals surface area contributed by atoms with E-state index in [1.165, 1.54) is 4.88 Å². The van der Waals surface area contributed by atoms with E-state index in [4.69, 9.17) is 14.7 Å². The van der Waals surface area contributed by atoms with Crippen LogP contribution >= 0.6 is 11.3 Å². The van der Waals surface area contributed by atoms with Crippen molar-refractivity contribution < 1.29 is 4.74 Å². The Morgan fingerprint density at radius 2 is 2.16 bits per heavy atom. The molecule has 0 atom stereocenters. The van der Waals surface area contributed by atoms with Crippen molar-refractivity contribution in [3.63, 3.8) is 0 Å². The Morgan fingerprint density at radius 1 is 1.37 bits per heavy atom. The lowest BCUT2D eigenvalue weighted by atomic mass is 9.99. The van der Waals surface area contributed by atoms with Crippen LogP contribution in [0, 0.1) is 0 Å². The molecule has 2 aromatic heterocycles. The van der Waals surface area contributed by atoms with Gasteiger partial charge in [0.25, 0.3) is 0 Å². The van der Waals surface area contributed by atoms with E-state index in [1.54, 1.807) is 11.3 Å². The van der Waals surface area contributed by atoms with E-state index in [-0.39, 0.29) is 0 Å². The van der Waals surface area contributed by atoms with E-state index >= 15 is 0 Å². The molecule has 0 saturated carbocycles. The second-order valence-electron chi connectivity index (χ2n) is 4.85. The van der Waals surface area contributed by atoms with Crippen molar-refractivity contribution in [1.29, 1.82) is 0 Å². The average molecular weight is 277 g/mol. The molecule has 102 valence electrons. The van der Waals surface area contributed by atoms with Crippen LogP contribution in [-0.4, -0.2) is 30.2 Å². The van der Waals surface area contributed by atoms with Gasteiger partial charge in [-0.2, -0.15) is 0 Å². The van der Waals surface area contributed by atoms with Gasteiger partial charge in [-0.3, -0.25) is 0 Å². The van der Waals surface area contributed by atoms with Gasteiger partial charge in [0.2, 0.25) is 0 Å². The number of hydrogen-bond acceptors (Lipinski definition) is 5. The predicted octanol–water partition coefficient (Wildman–Crippen LogP) is 3.19. The molecule has 4 nitrogen and oxygen atoms in total. The zero-order chi connectivity index (χ0) is 13.2. The molecular formula is C14H19N3OS. The van der Waals surface area contributed by atoms with Crippen molar-refractivity contribution in [3.05, 3.63) is 16.8 Å². The molecule has 0 aliphatic carbocycles. The second-order valence-corrected chi connectivity index (χ2v) is 5.97. The van der Waals surface area contributed by atoms with Crippen LogP contribution in [0.3, 0.4) is 0 Å². The standard InChI is InChI=1S/C14H19N3OS/c1-3-10-8-11-13(15-2)16-12(17-14(11)19-10)9-4-6-18-7-5-9/h8-9H,3-7H2,1-2H3,(H,15,16,17). The van der Waals surface area contributed by atoms with Gasteiger partial charge in [-0.1, -0.05) is 6.92 Å². The Morgan fingerprint density at radius 3 is 2.84 bits per heavy atom. The minimum atomic E-state index is 0.442. The number of rotatable bonds is 3. The lowest BCUT2D eigenvalue weighted by molar-refractivity contribution is 0.0837. The number of hydrogen-bond donors (Lipinski definition) is 1. The van der Waals surface area contributed by atoms with E-state index in [0.29, 0.717) is 5.92 Å². The van der Waals surface area contributed by atoms with Gasteiger partial charge in [-0.05, 0) is 25.3 Å². The lowest BCUT2D eigenvalue weighted by Gasteiger charge is -2.21. The van der Waals surface area contributed by atoms with Gasteiger partial charge in [0, 0.05) is 31.1 Å². The summed E-state index contributed by atoms with van der Waals surface area (Å²) in [5.41, 5.74) is 0. The Labute approximate surface area is 117 Å². The molecule has 1 aliphatic heterocycles. The maximum Gasteiger partial charge on any atom is 0.138 e. The van der Waals surface area contributed by atoms with Gasteiger partial charge in [0.15, 0.2) is 0 Å². The summed E-state index contributed by atoms with van der Waals surface area (Å²) in [6, 6.07) is 2.21. The molecule has 0 amide bonds. The number of nitrogens with one attached hydrogen (secondary N) is 1. The maximum atomic E-state index is 5.42. The first-order valence-corrected chi connectivity index (χ1v) is 7.69. The van der Waals surface area contributed by atoms with Crippen molar-refractivity contribution in [2.75, 3.05) is 25.6 Å². The van der Waals surface area contributed by atoms with E-state index < -0.39 is 0 Å². The SMILES string of the molecule is CCc1cc2c(NC)nc(C3CCOCC3)nc2s1. The summed E-state index contributed by atoms with van der Waals surface area (Å²) in [6.45, 7) is 3.83. The molecule has 5 heteroatoms. The van der Waals surface area contributed by atoms with E-state index in [0.717, 1.165) is 54.3 Å². The van der Waals surface area contributed by atoms with Crippen LogP contribution in [-0.2, 0) is 11.2 Å². The van der Waals surface area contributed by atoms with E-state index in [9.17, 15) is 0 Å². The molecule has 1 fully saturated rings. The minimum Gasteiger partial charge on any atom is -0.381 e. The van der Waals surface area contributed by atoms with E-state index in [2.05, 4.69) is 18.3 Å². The number of aryl methyl sites for hydroxylation is 1. The normalized spacial score (nSPS) is 16.9. The summed E-state index contributed by atoms with van der Waals surface area (Å²) >= 11 is 1.78. The third-order valence-corrected chi connectivity index (χ3v) is 4.81. The van der Waals surface area contributed by atoms with E-state index in [1.807, 2.05) is 7.05 Å². The monoisotopic (exact) mass is 277 g/mol. The number of anilines is 1. The fourth-order valence-electron chi connectivity index (χ4n) is 2.49. The molecule has 1 N–H and O–H groups in total. The summed E-state index contributed by atoms with van der Waals surface area (Å²) < 4.78 is 5.42. The highest BCUT2D eigenvalue weighted by molar-refractivity contribution is 7.18. The quantitative estimate of drug-likeness (QED) is 0.936. The lowest BCUT2D eigenvalue weighted by Crippen LogP contribution is -2.16. The summed E-state index contributed by atoms with van der Waals surface area (Å²) in [4.78, 5) is 12.0. The number of ether oxygens (including phenoxy) is 1. The minimum absolute atomic E-state index is 0.442. The molecule has 0 radical (unpaired) electrons. The van der Waals surface area contributed by atoms with Crippen LogP contribution in [0.2, 0.25) is 0 Å². The van der Waals surface area contributed by atoms with Crippen LogP contribution in [0.5, 0.6) is 0 Å². The van der Waals surface area contributed by atoms with Crippen molar-refractivity contribution in [3.8, 4) is 0 Å². The Kier molecular flexibility index (Phi) is 3.66. The van der Waals surface area contributed by atoms with Gasteiger partial charge in [-0.15, -0.1) is 11.3 Å². The third kappa shape index (κ3) is 2.44. The predicted molar refractivity (Wildman–Crippen MR) is 79.1 cm³/mol. The molecule has 2 aromatic rings. The number of nitrogens with zero attached hydrogens (tertiary/aromatic N) is 2. The highest BCUT2D eigenvalue weighted by Crippen LogP contribution is 2.32. The zero-order valence-corrected chi connectivity index (χ0v) is 12.2. The van der Waals surface area contributed by atoms with Crippen LogP contribution in [0.1, 0.15) is 36.4 Å². The third-order valence-electron chi connectivity index (χ3n) is 3.63. The summed E-state index contributed by atoms with van der Waals surface area (Å²) in [5.74, 6) is 2.38. The first-order chi connectivity index (χ1) is 9.31. The second kappa shape index (κ2) is 5.43. The molecule has 1 aliphatic rings. The fraction of sp³-hybridized carbons (Fsp3) is 0.571. The average Bonchev–Trinajstić information content (AvgIpc) is 2.90. The van der Waals surface area contributed by atoms with Gasteiger partial charge in [-0.25, -0.2) is 9.97 Å². The van der Waals surface area contributed by atoms with Crippen LogP contribution in [0.25, 0.3) is 10.2 Å². The summed E-state index contributed by atoms with van der Waals surface area (Å²) in [5, 5.41) is 4.36. The largest absolute Gasteiger partial charge is 0.381 e. The fourth-order valence-corrected chi connectivity index (χ4v) is 3.47. The number of thiophene rings is 1. The van der Waals surface area contributed by atoms with Crippen molar-refractivity contribution in [2.24, 2.45) is 0 Å². The first-order valence-electron chi connectivity index (χ1n) is 6.87. The number of fused-ring (bicyclic) bond motifs is 1. The molecule has 1 saturated heterocycles. The van der Waals surface area contributed by atoms with Crippen LogP contribution in [0.15, 0.2) is 6.07 Å². The molecule has 3 heterocycles. The summed E-state index contributed by atoms with van der Waals surface area (Å²) in [7, 11) is 1.93. The highest BCUT2D eigenvalue weighted by Gasteiger charge is 2.21. The van der Waals surface area contributed by atoms with Gasteiger partial charge in [0.1, 0.15) is 16.5 Å². The van der Waals surface area contributed by atoms with Crippen LogP contribution in [0.4, 0.5) is 5.82 Å². The molecule has 0 bridgehead atoms. The summed E-state index contributed by atoms with van der Waals surface area (Å²) in [6.07, 6.45) is 3.11. The molecule has 0 spiro atoms. The molecule has 0 unspecified atom stereocenters. The Balaban J connectivity index is 2.05. The van der Waals surface area contributed by atoms with Gasteiger partial charge in [0.05, 0.1) is 5.39 Å². The molecule has 3 rings (SSSR count). The highest BCUT2D eigenvalue weighted by atomic mass is 32.1. The van der Waals surface area contributed by atoms with Crippen LogP contribution < -0.4 is 5.32 Å². The zero-order valence-electron chi connectivity index (χ0n) is 11.4. The molecule has 19 heavy (non-hydrogen) atoms. The topological polar surface area (TPSA) is 47.0 Å². The van der Waals surface area contributed by atoms with Crippen molar-refractivity contribution >= 4 is 27.4 Å². The van der Waals surface area contributed by atoms with Crippen molar-refractivity contribution in [2.45, 2.75) is 32.1 Å². The van der Waals surface area contributed by atoms with Crippen molar-refractivity contribution in [1.82, 2.24) is 9.97 Å².